The zero-order chi connectivity index (χ0) is 15.5. The van der Waals surface area contributed by atoms with Gasteiger partial charge < -0.3 is 10.1 Å². The van der Waals surface area contributed by atoms with Crippen LogP contribution in [-0.2, 0) is 16.8 Å². The largest absolute Gasteiger partial charge is 0.369 e. The van der Waals surface area contributed by atoms with Crippen molar-refractivity contribution in [3.8, 4) is 0 Å². The van der Waals surface area contributed by atoms with Crippen LogP contribution in [-0.4, -0.2) is 23.1 Å². The fourth-order valence-corrected chi connectivity index (χ4v) is 3.05. The number of ether oxygens (including phenoxy) is 1. The van der Waals surface area contributed by atoms with Crippen LogP contribution in [0.2, 0.25) is 0 Å². The Labute approximate surface area is 136 Å². The summed E-state index contributed by atoms with van der Waals surface area (Å²) in [7, 11) is 0. The summed E-state index contributed by atoms with van der Waals surface area (Å²) in [5.41, 5.74) is 0.736. The molecule has 21 heavy (non-hydrogen) atoms. The second-order valence-corrected chi connectivity index (χ2v) is 7.16. The Morgan fingerprint density at radius 3 is 2.71 bits per heavy atom. The van der Waals surface area contributed by atoms with E-state index in [4.69, 9.17) is 14.7 Å². The third-order valence-corrected chi connectivity index (χ3v) is 4.59. The zero-order valence-corrected chi connectivity index (χ0v) is 15.1. The number of halogens is 1. The summed E-state index contributed by atoms with van der Waals surface area (Å²) in [6, 6.07) is 0. The molecule has 1 fully saturated rings. The average molecular weight is 356 g/mol. The first-order valence-corrected chi connectivity index (χ1v) is 8.70. The van der Waals surface area contributed by atoms with Crippen molar-refractivity contribution >= 4 is 21.7 Å². The van der Waals surface area contributed by atoms with Crippen molar-refractivity contribution in [1.29, 1.82) is 0 Å². The first-order valence-electron chi connectivity index (χ1n) is 7.91. The van der Waals surface area contributed by atoms with Crippen molar-refractivity contribution in [2.45, 2.75) is 59.0 Å². The lowest BCUT2D eigenvalue weighted by molar-refractivity contribution is 0.00921. The number of aromatic nitrogens is 2. The second-order valence-electron chi connectivity index (χ2n) is 6.36. The predicted molar refractivity (Wildman–Crippen MR) is 89.6 cm³/mol. The quantitative estimate of drug-likeness (QED) is 0.826. The van der Waals surface area contributed by atoms with E-state index in [0.29, 0.717) is 5.92 Å². The zero-order valence-electron chi connectivity index (χ0n) is 13.5. The third-order valence-electron chi connectivity index (χ3n) is 3.76. The molecule has 118 valence electrons. The molecule has 0 bridgehead atoms. The van der Waals surface area contributed by atoms with Gasteiger partial charge in [-0.1, -0.05) is 20.8 Å². The van der Waals surface area contributed by atoms with Gasteiger partial charge in [0.25, 0.3) is 0 Å². The van der Waals surface area contributed by atoms with E-state index in [2.05, 4.69) is 48.9 Å². The van der Waals surface area contributed by atoms with Gasteiger partial charge in [0.15, 0.2) is 5.82 Å². The molecule has 2 heterocycles. The number of hydrogen-bond acceptors (Lipinski definition) is 4. The number of nitrogens with zero attached hydrogens (tertiary/aromatic N) is 2. The first-order chi connectivity index (χ1) is 9.96. The normalized spacial score (nSPS) is 22.0. The Bertz CT molecular complexity index is 485. The molecule has 0 aromatic carbocycles. The minimum Gasteiger partial charge on any atom is -0.369 e. The van der Waals surface area contributed by atoms with Crippen molar-refractivity contribution in [3.05, 3.63) is 16.0 Å². The van der Waals surface area contributed by atoms with Crippen LogP contribution >= 0.6 is 15.9 Å². The Hall–Kier alpha value is -0.680. The van der Waals surface area contributed by atoms with Gasteiger partial charge in [-0.05, 0) is 54.5 Å². The predicted octanol–water partition coefficient (Wildman–Crippen LogP) is 4.29. The van der Waals surface area contributed by atoms with Crippen LogP contribution in [0, 0.1) is 5.92 Å². The maximum absolute atomic E-state index is 5.92. The molecule has 4 nitrogen and oxygen atoms in total. The molecular formula is C16H26BrN3O. The molecule has 1 unspecified atom stereocenters. The monoisotopic (exact) mass is 355 g/mol. The van der Waals surface area contributed by atoms with Gasteiger partial charge in [0.05, 0.1) is 10.2 Å². The van der Waals surface area contributed by atoms with Crippen LogP contribution < -0.4 is 5.32 Å². The fraction of sp³-hybridized carbons (Fsp3) is 0.750. The lowest BCUT2D eigenvalue weighted by atomic mass is 10.0. The van der Waals surface area contributed by atoms with Crippen molar-refractivity contribution in [1.82, 2.24) is 9.97 Å². The molecule has 0 amide bonds. The summed E-state index contributed by atoms with van der Waals surface area (Å²) in [4.78, 5) is 9.55. The van der Waals surface area contributed by atoms with Crippen molar-refractivity contribution in [3.63, 3.8) is 0 Å². The molecule has 1 saturated heterocycles. The lowest BCUT2D eigenvalue weighted by Crippen LogP contribution is -2.25. The van der Waals surface area contributed by atoms with E-state index in [9.17, 15) is 0 Å². The smallest absolute Gasteiger partial charge is 0.162 e. The summed E-state index contributed by atoms with van der Waals surface area (Å²) in [5, 5.41) is 3.40. The summed E-state index contributed by atoms with van der Waals surface area (Å²) in [6.45, 7) is 10.4. The van der Waals surface area contributed by atoms with Crippen LogP contribution in [0.15, 0.2) is 4.47 Å². The Balaban J connectivity index is 2.39. The van der Waals surface area contributed by atoms with Gasteiger partial charge in [0.1, 0.15) is 11.4 Å². The summed E-state index contributed by atoms with van der Waals surface area (Å²) < 4.78 is 6.91. The first kappa shape index (κ1) is 16.7. The van der Waals surface area contributed by atoms with Gasteiger partial charge >= 0.3 is 0 Å². The summed E-state index contributed by atoms with van der Waals surface area (Å²) >= 11 is 3.67. The molecule has 1 aliphatic rings. The molecule has 1 N–H and O–H groups in total. The topological polar surface area (TPSA) is 47.0 Å². The SMILES string of the molecule is CCCNc1nc(C2(C)CCCO2)nc(CC(C)C)c1Br. The summed E-state index contributed by atoms with van der Waals surface area (Å²) in [6.07, 6.45) is 4.07. The highest BCUT2D eigenvalue weighted by Crippen LogP contribution is 2.36. The van der Waals surface area contributed by atoms with Gasteiger partial charge in [-0.15, -0.1) is 0 Å². The number of hydrogen-bond donors (Lipinski definition) is 1. The third kappa shape index (κ3) is 3.95. The molecule has 1 atom stereocenters. The van der Waals surface area contributed by atoms with Crippen LogP contribution in [0.25, 0.3) is 0 Å². The molecule has 0 spiro atoms. The molecular weight excluding hydrogens is 330 g/mol. The molecule has 0 radical (unpaired) electrons. The van der Waals surface area contributed by atoms with Crippen LogP contribution in [0.5, 0.6) is 0 Å². The standard InChI is InChI=1S/C16H26BrN3O/c1-5-8-18-14-13(17)12(10-11(2)3)19-15(20-14)16(4)7-6-9-21-16/h11H,5-10H2,1-4H3,(H,18,19,20). The molecule has 5 heteroatoms. The molecule has 0 saturated carbocycles. The molecule has 0 aliphatic carbocycles. The average Bonchev–Trinajstić information content (AvgIpc) is 2.87. The van der Waals surface area contributed by atoms with Crippen LogP contribution in [0.1, 0.15) is 58.5 Å². The summed E-state index contributed by atoms with van der Waals surface area (Å²) in [5.74, 6) is 2.27. The molecule has 1 aliphatic heterocycles. The van der Waals surface area contributed by atoms with Crippen LogP contribution in [0.3, 0.4) is 0 Å². The van der Waals surface area contributed by atoms with E-state index in [-0.39, 0.29) is 5.60 Å². The van der Waals surface area contributed by atoms with E-state index in [0.717, 1.165) is 60.6 Å². The van der Waals surface area contributed by atoms with Gasteiger partial charge in [0.2, 0.25) is 0 Å². The van der Waals surface area contributed by atoms with E-state index in [1.807, 2.05) is 0 Å². The highest BCUT2D eigenvalue weighted by molar-refractivity contribution is 9.10. The second kappa shape index (κ2) is 7.05. The van der Waals surface area contributed by atoms with E-state index < -0.39 is 0 Å². The van der Waals surface area contributed by atoms with Gasteiger partial charge in [-0.3, -0.25) is 0 Å². The minimum absolute atomic E-state index is 0.338. The number of nitrogens with one attached hydrogen (secondary N) is 1. The highest BCUT2D eigenvalue weighted by Gasteiger charge is 2.35. The lowest BCUT2D eigenvalue weighted by Gasteiger charge is -2.24. The maximum atomic E-state index is 5.92. The number of anilines is 1. The van der Waals surface area contributed by atoms with Gasteiger partial charge in [0, 0.05) is 13.2 Å². The number of rotatable bonds is 6. The van der Waals surface area contributed by atoms with Gasteiger partial charge in [-0.2, -0.15) is 0 Å². The van der Waals surface area contributed by atoms with Crippen LogP contribution in [0.4, 0.5) is 5.82 Å². The Morgan fingerprint density at radius 2 is 2.14 bits per heavy atom. The van der Waals surface area contributed by atoms with Gasteiger partial charge in [-0.25, -0.2) is 9.97 Å². The molecule has 1 aromatic heterocycles. The molecule has 2 rings (SSSR count). The minimum atomic E-state index is -0.338. The highest BCUT2D eigenvalue weighted by atomic mass is 79.9. The van der Waals surface area contributed by atoms with E-state index >= 15 is 0 Å². The Morgan fingerprint density at radius 1 is 1.38 bits per heavy atom. The fourth-order valence-electron chi connectivity index (χ4n) is 2.57. The maximum Gasteiger partial charge on any atom is 0.162 e. The Kier molecular flexibility index (Phi) is 5.60. The van der Waals surface area contributed by atoms with E-state index in [1.54, 1.807) is 0 Å². The van der Waals surface area contributed by atoms with Crippen molar-refractivity contribution < 1.29 is 4.74 Å². The van der Waals surface area contributed by atoms with E-state index in [1.165, 1.54) is 0 Å². The van der Waals surface area contributed by atoms with Crippen molar-refractivity contribution in [2.75, 3.05) is 18.5 Å². The molecule has 1 aromatic rings. The van der Waals surface area contributed by atoms with Crippen molar-refractivity contribution in [2.24, 2.45) is 5.92 Å².